The largest absolute Gasteiger partial charge is 0.358 e. The van der Waals surface area contributed by atoms with Crippen LogP contribution in [0.3, 0.4) is 0 Å². The fourth-order valence-corrected chi connectivity index (χ4v) is 0.958. The lowest BCUT2D eigenvalue weighted by Crippen LogP contribution is -1.88. The molecule has 0 aliphatic rings. The van der Waals surface area contributed by atoms with Crippen molar-refractivity contribution in [1.29, 1.82) is 0 Å². The van der Waals surface area contributed by atoms with Crippen molar-refractivity contribution >= 4 is 6.21 Å². The Bertz CT molecular complexity index is 247. The third kappa shape index (κ3) is 1.18. The fraction of sp³-hybridized carbons (Fsp3) is 0.286. The monoisotopic (exact) mass is 137 g/mol. The Labute approximate surface area is 59.9 Å². The van der Waals surface area contributed by atoms with E-state index < -0.39 is 0 Å². The summed E-state index contributed by atoms with van der Waals surface area (Å²) in [6.07, 6.45) is 1.61. The number of hydrazone groups is 1. The summed E-state index contributed by atoms with van der Waals surface area (Å²) in [6.45, 7) is 4.02. The molecule has 0 aromatic carbocycles. The number of nitrogens with two attached hydrogens (primary N) is 1. The number of rotatable bonds is 1. The van der Waals surface area contributed by atoms with Crippen LogP contribution in [-0.4, -0.2) is 11.2 Å². The molecule has 1 aromatic heterocycles. The van der Waals surface area contributed by atoms with Crippen molar-refractivity contribution in [2.24, 2.45) is 10.9 Å². The van der Waals surface area contributed by atoms with Crippen molar-refractivity contribution in [3.05, 3.63) is 23.0 Å². The summed E-state index contributed by atoms with van der Waals surface area (Å²) in [7, 11) is 0. The van der Waals surface area contributed by atoms with Crippen LogP contribution < -0.4 is 5.84 Å². The van der Waals surface area contributed by atoms with Crippen LogP contribution in [0.2, 0.25) is 0 Å². The van der Waals surface area contributed by atoms with Crippen LogP contribution in [0.4, 0.5) is 0 Å². The van der Waals surface area contributed by atoms with Crippen molar-refractivity contribution in [3.63, 3.8) is 0 Å². The van der Waals surface area contributed by atoms with Gasteiger partial charge in [0.2, 0.25) is 0 Å². The van der Waals surface area contributed by atoms with Gasteiger partial charge < -0.3 is 10.8 Å². The lowest BCUT2D eigenvalue weighted by atomic mass is 10.3. The summed E-state index contributed by atoms with van der Waals surface area (Å²) < 4.78 is 0. The smallest absolute Gasteiger partial charge is 0.0703 e. The fourth-order valence-electron chi connectivity index (χ4n) is 0.958. The van der Waals surface area contributed by atoms with Crippen LogP contribution >= 0.6 is 0 Å². The lowest BCUT2D eigenvalue weighted by Gasteiger charge is -1.85. The van der Waals surface area contributed by atoms with E-state index in [0.717, 1.165) is 11.4 Å². The third-order valence-corrected chi connectivity index (χ3v) is 1.39. The van der Waals surface area contributed by atoms with E-state index in [-0.39, 0.29) is 0 Å². The lowest BCUT2D eigenvalue weighted by molar-refractivity contribution is 1.22. The number of nitrogens with one attached hydrogen (secondary N) is 1. The van der Waals surface area contributed by atoms with Crippen LogP contribution in [-0.2, 0) is 0 Å². The van der Waals surface area contributed by atoms with E-state index in [1.165, 1.54) is 5.56 Å². The highest BCUT2D eigenvalue weighted by atomic mass is 15.1. The highest BCUT2D eigenvalue weighted by molar-refractivity contribution is 5.79. The molecular weight excluding hydrogens is 126 g/mol. The third-order valence-electron chi connectivity index (χ3n) is 1.39. The molecule has 0 spiro atoms. The number of hydrogen-bond acceptors (Lipinski definition) is 2. The first-order chi connectivity index (χ1) is 4.74. The molecule has 0 aliphatic heterocycles. The maximum absolute atomic E-state index is 4.99. The van der Waals surface area contributed by atoms with Crippen LogP contribution in [0.15, 0.2) is 11.2 Å². The molecule has 1 aromatic rings. The Morgan fingerprint density at radius 3 is 2.70 bits per heavy atom. The molecular formula is C7H11N3. The Morgan fingerprint density at radius 2 is 2.30 bits per heavy atom. The van der Waals surface area contributed by atoms with Gasteiger partial charge in [0.05, 0.1) is 11.9 Å². The quantitative estimate of drug-likeness (QED) is 0.337. The first-order valence-electron chi connectivity index (χ1n) is 3.13. The Hall–Kier alpha value is -1.25. The highest BCUT2D eigenvalue weighted by Crippen LogP contribution is 2.05. The molecule has 0 atom stereocenters. The van der Waals surface area contributed by atoms with Crippen LogP contribution in [0, 0.1) is 13.8 Å². The molecule has 10 heavy (non-hydrogen) atoms. The molecule has 3 nitrogen and oxygen atoms in total. The van der Waals surface area contributed by atoms with E-state index in [9.17, 15) is 0 Å². The molecule has 1 rings (SSSR count). The average molecular weight is 137 g/mol. The molecule has 0 bridgehead atoms. The van der Waals surface area contributed by atoms with Gasteiger partial charge in [-0.3, -0.25) is 0 Å². The maximum Gasteiger partial charge on any atom is 0.0703 e. The van der Waals surface area contributed by atoms with Gasteiger partial charge in [0.15, 0.2) is 0 Å². The number of aromatic nitrogens is 1. The zero-order chi connectivity index (χ0) is 7.56. The summed E-state index contributed by atoms with van der Waals surface area (Å²) >= 11 is 0. The van der Waals surface area contributed by atoms with E-state index in [1.807, 2.05) is 13.8 Å². The molecule has 0 radical (unpaired) electrons. The zero-order valence-electron chi connectivity index (χ0n) is 6.18. The SMILES string of the molecule is Cc1cc(C)c(C=NN)[nH]1. The van der Waals surface area contributed by atoms with Gasteiger partial charge in [0.25, 0.3) is 0 Å². The average Bonchev–Trinajstić information content (AvgIpc) is 2.13. The summed E-state index contributed by atoms with van der Waals surface area (Å²) in [4.78, 5) is 3.12. The topological polar surface area (TPSA) is 54.2 Å². The van der Waals surface area contributed by atoms with Crippen molar-refractivity contribution in [1.82, 2.24) is 4.98 Å². The van der Waals surface area contributed by atoms with Crippen molar-refractivity contribution in [3.8, 4) is 0 Å². The van der Waals surface area contributed by atoms with Gasteiger partial charge in [-0.2, -0.15) is 5.10 Å². The Balaban J connectivity index is 3.03. The first-order valence-corrected chi connectivity index (χ1v) is 3.13. The van der Waals surface area contributed by atoms with E-state index in [1.54, 1.807) is 6.21 Å². The minimum absolute atomic E-state index is 0.986. The normalized spacial score (nSPS) is 11.0. The second kappa shape index (κ2) is 2.56. The van der Waals surface area contributed by atoms with Gasteiger partial charge >= 0.3 is 0 Å². The minimum Gasteiger partial charge on any atom is -0.358 e. The molecule has 1 heterocycles. The second-order valence-corrected chi connectivity index (χ2v) is 2.33. The molecule has 0 aliphatic carbocycles. The van der Waals surface area contributed by atoms with E-state index in [0.29, 0.717) is 0 Å². The Kier molecular flexibility index (Phi) is 1.76. The zero-order valence-corrected chi connectivity index (χ0v) is 6.18. The molecule has 3 N–H and O–H groups in total. The standard InChI is InChI=1S/C7H11N3/c1-5-3-6(2)10-7(5)4-9-8/h3-4,10H,8H2,1-2H3. The van der Waals surface area contributed by atoms with Gasteiger partial charge in [0, 0.05) is 5.69 Å². The maximum atomic E-state index is 4.99. The first kappa shape index (κ1) is 6.86. The number of nitrogens with zero attached hydrogens (tertiary/aromatic N) is 1. The van der Waals surface area contributed by atoms with Gasteiger partial charge in [0.1, 0.15) is 0 Å². The Morgan fingerprint density at radius 1 is 1.60 bits per heavy atom. The highest BCUT2D eigenvalue weighted by Gasteiger charge is 1.96. The number of aryl methyl sites for hydroxylation is 2. The van der Waals surface area contributed by atoms with E-state index in [4.69, 9.17) is 5.84 Å². The molecule has 0 saturated heterocycles. The molecule has 0 amide bonds. The predicted octanol–water partition coefficient (Wildman–Crippen LogP) is 0.924. The summed E-state index contributed by atoms with van der Waals surface area (Å²) in [5.41, 5.74) is 3.29. The molecule has 0 unspecified atom stereocenters. The van der Waals surface area contributed by atoms with Crippen molar-refractivity contribution in [2.75, 3.05) is 0 Å². The van der Waals surface area contributed by atoms with Crippen molar-refractivity contribution < 1.29 is 0 Å². The van der Waals surface area contributed by atoms with Crippen LogP contribution in [0.5, 0.6) is 0 Å². The summed E-state index contributed by atoms with van der Waals surface area (Å²) in [5.74, 6) is 4.99. The second-order valence-electron chi connectivity index (χ2n) is 2.33. The predicted molar refractivity (Wildman–Crippen MR) is 42.0 cm³/mol. The number of H-pyrrole nitrogens is 1. The van der Waals surface area contributed by atoms with E-state index >= 15 is 0 Å². The van der Waals surface area contributed by atoms with Gasteiger partial charge in [-0.05, 0) is 25.5 Å². The molecule has 0 saturated carbocycles. The van der Waals surface area contributed by atoms with Gasteiger partial charge in [-0.25, -0.2) is 0 Å². The van der Waals surface area contributed by atoms with Crippen LogP contribution in [0.25, 0.3) is 0 Å². The summed E-state index contributed by atoms with van der Waals surface area (Å²) in [6, 6.07) is 2.05. The summed E-state index contributed by atoms with van der Waals surface area (Å²) in [5, 5.41) is 3.42. The molecule has 54 valence electrons. The van der Waals surface area contributed by atoms with Crippen molar-refractivity contribution in [2.45, 2.75) is 13.8 Å². The minimum atomic E-state index is 0.986. The van der Waals surface area contributed by atoms with Gasteiger partial charge in [-0.1, -0.05) is 0 Å². The number of aromatic amines is 1. The molecule has 0 fully saturated rings. The van der Waals surface area contributed by atoms with E-state index in [2.05, 4.69) is 16.2 Å². The van der Waals surface area contributed by atoms with Gasteiger partial charge in [-0.15, -0.1) is 0 Å². The van der Waals surface area contributed by atoms with Crippen LogP contribution in [0.1, 0.15) is 17.0 Å². The molecule has 3 heteroatoms. The number of hydrogen-bond donors (Lipinski definition) is 2.